The van der Waals surface area contributed by atoms with Crippen molar-refractivity contribution in [3.05, 3.63) is 126 Å². The molecule has 0 N–H and O–H groups in total. The van der Waals surface area contributed by atoms with Crippen molar-refractivity contribution < 1.29 is 0 Å². The predicted molar refractivity (Wildman–Crippen MR) is 126 cm³/mol. The fraction of sp³-hybridized carbons (Fsp3) is 0.0370. The molecule has 4 aromatic carbocycles. The largest absolute Gasteiger partial charge is 0.228 e. The van der Waals surface area contributed by atoms with E-state index in [1.165, 1.54) is 11.1 Å². The van der Waals surface area contributed by atoms with Crippen LogP contribution >= 0.6 is 11.8 Å². The Morgan fingerprint density at radius 3 is 1.70 bits per heavy atom. The van der Waals surface area contributed by atoms with Crippen molar-refractivity contribution in [3.63, 3.8) is 0 Å². The van der Waals surface area contributed by atoms with Crippen molar-refractivity contribution in [2.75, 3.05) is 0 Å². The maximum atomic E-state index is 5.01. The molecule has 30 heavy (non-hydrogen) atoms. The highest BCUT2D eigenvalue weighted by atomic mass is 32.2. The third-order valence-electron chi connectivity index (χ3n) is 5.03. The lowest BCUT2D eigenvalue weighted by atomic mass is 10.0. The van der Waals surface area contributed by atoms with Crippen LogP contribution in [0.1, 0.15) is 16.4 Å². The number of rotatable bonds is 5. The van der Waals surface area contributed by atoms with Crippen LogP contribution in [-0.2, 0) is 0 Å². The van der Waals surface area contributed by atoms with E-state index in [-0.39, 0.29) is 5.25 Å². The van der Waals surface area contributed by atoms with Gasteiger partial charge >= 0.3 is 0 Å². The zero-order valence-electron chi connectivity index (χ0n) is 16.3. The van der Waals surface area contributed by atoms with Crippen LogP contribution in [0, 0.1) is 0 Å². The standard InChI is InChI=1S/C27H20N2S/c1-4-12-20(13-5-1)25(21-14-6-2-7-15-21)30-27-23-18-10-11-19-24(23)28-26(29-27)22-16-8-3-9-17-22/h1-19,25H. The highest BCUT2D eigenvalue weighted by Gasteiger charge is 2.19. The molecule has 0 unspecified atom stereocenters. The second-order valence-electron chi connectivity index (χ2n) is 7.05. The Balaban J connectivity index is 1.65. The lowest BCUT2D eigenvalue weighted by Gasteiger charge is -2.18. The van der Waals surface area contributed by atoms with Gasteiger partial charge in [-0.15, -0.1) is 0 Å². The molecule has 1 aromatic heterocycles. The van der Waals surface area contributed by atoms with Crippen molar-refractivity contribution in [3.8, 4) is 11.4 Å². The molecule has 0 saturated carbocycles. The molecule has 144 valence electrons. The smallest absolute Gasteiger partial charge is 0.161 e. The maximum Gasteiger partial charge on any atom is 0.161 e. The highest BCUT2D eigenvalue weighted by Crippen LogP contribution is 2.42. The van der Waals surface area contributed by atoms with E-state index in [2.05, 4.69) is 91.0 Å². The van der Waals surface area contributed by atoms with E-state index in [9.17, 15) is 0 Å². The average molecular weight is 405 g/mol. The molecular formula is C27H20N2S. The van der Waals surface area contributed by atoms with Gasteiger partial charge in [0.05, 0.1) is 10.8 Å². The first kappa shape index (κ1) is 18.6. The first-order chi connectivity index (χ1) is 14.9. The van der Waals surface area contributed by atoms with Crippen LogP contribution in [0.4, 0.5) is 0 Å². The first-order valence-electron chi connectivity index (χ1n) is 9.97. The van der Waals surface area contributed by atoms with Crippen LogP contribution in [0.3, 0.4) is 0 Å². The van der Waals surface area contributed by atoms with E-state index in [0.717, 1.165) is 27.3 Å². The number of aromatic nitrogens is 2. The third-order valence-corrected chi connectivity index (χ3v) is 6.35. The molecule has 3 heteroatoms. The number of para-hydroxylation sites is 1. The Hall–Kier alpha value is -3.43. The fourth-order valence-electron chi connectivity index (χ4n) is 3.55. The Kier molecular flexibility index (Phi) is 5.28. The minimum Gasteiger partial charge on any atom is -0.228 e. The molecule has 0 fully saturated rings. The van der Waals surface area contributed by atoms with Crippen molar-refractivity contribution in [1.82, 2.24) is 9.97 Å². The van der Waals surface area contributed by atoms with E-state index in [1.54, 1.807) is 11.8 Å². The molecule has 0 aliphatic rings. The lowest BCUT2D eigenvalue weighted by Crippen LogP contribution is -2.00. The number of nitrogens with zero attached hydrogens (tertiary/aromatic N) is 2. The van der Waals surface area contributed by atoms with E-state index in [4.69, 9.17) is 9.97 Å². The Morgan fingerprint density at radius 2 is 1.07 bits per heavy atom. The third kappa shape index (κ3) is 3.85. The van der Waals surface area contributed by atoms with Gasteiger partial charge in [-0.25, -0.2) is 9.97 Å². The molecule has 1 heterocycles. The predicted octanol–water partition coefficient (Wildman–Crippen LogP) is 7.18. The molecule has 0 radical (unpaired) electrons. The van der Waals surface area contributed by atoms with Crippen LogP contribution in [0.2, 0.25) is 0 Å². The lowest BCUT2D eigenvalue weighted by molar-refractivity contribution is 1.09. The van der Waals surface area contributed by atoms with E-state index in [0.29, 0.717) is 0 Å². The summed E-state index contributed by atoms with van der Waals surface area (Å²) < 4.78 is 0. The van der Waals surface area contributed by atoms with Crippen LogP contribution in [0.15, 0.2) is 120 Å². The van der Waals surface area contributed by atoms with Crippen LogP contribution < -0.4 is 0 Å². The van der Waals surface area contributed by atoms with E-state index in [1.807, 2.05) is 24.3 Å². The summed E-state index contributed by atoms with van der Waals surface area (Å²) in [5.74, 6) is 0.761. The average Bonchev–Trinajstić information content (AvgIpc) is 2.84. The van der Waals surface area contributed by atoms with Crippen molar-refractivity contribution in [1.29, 1.82) is 0 Å². The maximum absolute atomic E-state index is 5.01. The number of thioether (sulfide) groups is 1. The van der Waals surface area contributed by atoms with Crippen molar-refractivity contribution in [2.45, 2.75) is 10.3 Å². The molecule has 5 aromatic rings. The number of hydrogen-bond donors (Lipinski definition) is 0. The Morgan fingerprint density at radius 1 is 0.533 bits per heavy atom. The van der Waals surface area contributed by atoms with Gasteiger partial charge in [-0.2, -0.15) is 0 Å². The van der Waals surface area contributed by atoms with Crippen LogP contribution in [0.5, 0.6) is 0 Å². The van der Waals surface area contributed by atoms with Crippen molar-refractivity contribution >= 4 is 22.7 Å². The quantitative estimate of drug-likeness (QED) is 0.229. The normalized spacial score (nSPS) is 11.1. The summed E-state index contributed by atoms with van der Waals surface area (Å²) in [6.07, 6.45) is 0. The molecule has 0 spiro atoms. The molecule has 0 amide bonds. The summed E-state index contributed by atoms with van der Waals surface area (Å²) in [7, 11) is 0. The number of hydrogen-bond acceptors (Lipinski definition) is 3. The van der Waals surface area contributed by atoms with Gasteiger partial charge in [-0.1, -0.05) is 121 Å². The van der Waals surface area contributed by atoms with Gasteiger partial charge in [0.2, 0.25) is 0 Å². The monoisotopic (exact) mass is 404 g/mol. The zero-order valence-corrected chi connectivity index (χ0v) is 17.2. The van der Waals surface area contributed by atoms with Crippen molar-refractivity contribution in [2.24, 2.45) is 0 Å². The SMILES string of the molecule is c1ccc(-c2nc(SC(c3ccccc3)c3ccccc3)c3ccccc3n2)cc1. The van der Waals surface area contributed by atoms with E-state index < -0.39 is 0 Å². The zero-order chi connectivity index (χ0) is 20.2. The summed E-state index contributed by atoms with van der Waals surface area (Å²) >= 11 is 1.78. The second-order valence-corrected chi connectivity index (χ2v) is 8.15. The van der Waals surface area contributed by atoms with Gasteiger partial charge in [0.15, 0.2) is 5.82 Å². The minimum atomic E-state index is 0.148. The summed E-state index contributed by atoms with van der Waals surface area (Å²) in [4.78, 5) is 9.85. The van der Waals surface area contributed by atoms with Gasteiger partial charge in [0.25, 0.3) is 0 Å². The molecule has 0 atom stereocenters. The van der Waals surface area contributed by atoms with Crippen LogP contribution in [-0.4, -0.2) is 9.97 Å². The molecule has 2 nitrogen and oxygen atoms in total. The van der Waals surface area contributed by atoms with Gasteiger partial charge in [-0.3, -0.25) is 0 Å². The molecule has 5 rings (SSSR count). The summed E-state index contributed by atoms with van der Waals surface area (Å²) in [6, 6.07) is 39.7. The summed E-state index contributed by atoms with van der Waals surface area (Å²) in [6.45, 7) is 0. The second kappa shape index (κ2) is 8.52. The number of fused-ring (bicyclic) bond motifs is 1. The number of benzene rings is 4. The summed E-state index contributed by atoms with van der Waals surface area (Å²) in [5.41, 5.74) is 4.52. The minimum absolute atomic E-state index is 0.148. The van der Waals surface area contributed by atoms with Gasteiger partial charge < -0.3 is 0 Å². The Labute approximate surface area is 180 Å². The highest BCUT2D eigenvalue weighted by molar-refractivity contribution is 7.99. The molecule has 0 aliphatic carbocycles. The van der Waals surface area contributed by atoms with Crippen LogP contribution in [0.25, 0.3) is 22.3 Å². The van der Waals surface area contributed by atoms with Gasteiger partial charge in [0.1, 0.15) is 5.03 Å². The Bertz CT molecular complexity index is 1220. The molecule has 0 aliphatic heterocycles. The van der Waals surface area contributed by atoms with E-state index >= 15 is 0 Å². The van der Waals surface area contributed by atoms with Gasteiger partial charge in [0, 0.05) is 10.9 Å². The first-order valence-corrected chi connectivity index (χ1v) is 10.9. The summed E-state index contributed by atoms with van der Waals surface area (Å²) in [5, 5.41) is 2.23. The van der Waals surface area contributed by atoms with Gasteiger partial charge in [-0.05, 0) is 17.2 Å². The molecule has 0 bridgehead atoms. The molecular weight excluding hydrogens is 384 g/mol. The topological polar surface area (TPSA) is 25.8 Å². The fourth-order valence-corrected chi connectivity index (χ4v) is 4.80. The molecule has 0 saturated heterocycles.